The van der Waals surface area contributed by atoms with Gasteiger partial charge in [-0.2, -0.15) is 0 Å². The van der Waals surface area contributed by atoms with Crippen molar-refractivity contribution < 1.29 is 9.59 Å². The van der Waals surface area contributed by atoms with E-state index in [9.17, 15) is 9.59 Å². The summed E-state index contributed by atoms with van der Waals surface area (Å²) < 4.78 is 0. The molecule has 0 saturated heterocycles. The zero-order valence-electron chi connectivity index (χ0n) is 15.8. The second-order valence-corrected chi connectivity index (χ2v) is 7.84. The summed E-state index contributed by atoms with van der Waals surface area (Å²) in [5.74, 6) is -0.373. The van der Waals surface area contributed by atoms with Crippen molar-refractivity contribution in [2.75, 3.05) is 14.1 Å². The molecule has 0 spiro atoms. The average Bonchev–Trinajstić information content (AvgIpc) is 3.12. The van der Waals surface area contributed by atoms with Crippen LogP contribution in [0.1, 0.15) is 34.6 Å². The molecule has 0 saturated carbocycles. The summed E-state index contributed by atoms with van der Waals surface area (Å²) in [4.78, 5) is 27.7. The third-order valence-electron chi connectivity index (χ3n) is 4.04. The van der Waals surface area contributed by atoms with Gasteiger partial charge in [0.05, 0.1) is 4.88 Å². The van der Waals surface area contributed by atoms with Crippen molar-refractivity contribution in [2.45, 2.75) is 33.0 Å². The van der Waals surface area contributed by atoms with E-state index in [0.717, 1.165) is 12.1 Å². The molecule has 0 bridgehead atoms. The number of benzene rings is 1. The van der Waals surface area contributed by atoms with Gasteiger partial charge in [-0.1, -0.05) is 44.2 Å². The van der Waals surface area contributed by atoms with Crippen LogP contribution >= 0.6 is 11.3 Å². The van der Waals surface area contributed by atoms with E-state index in [2.05, 4.69) is 21.6 Å². The summed E-state index contributed by atoms with van der Waals surface area (Å²) in [6, 6.07) is 11.1. The van der Waals surface area contributed by atoms with E-state index < -0.39 is 6.04 Å². The van der Waals surface area contributed by atoms with Crippen molar-refractivity contribution in [3.05, 3.63) is 57.8 Å². The number of nitrogens with one attached hydrogen (secondary N) is 2. The van der Waals surface area contributed by atoms with E-state index in [4.69, 9.17) is 0 Å². The smallest absolute Gasteiger partial charge is 0.262 e. The van der Waals surface area contributed by atoms with E-state index in [0.29, 0.717) is 11.4 Å². The molecule has 1 aromatic heterocycles. The quantitative estimate of drug-likeness (QED) is 0.748. The van der Waals surface area contributed by atoms with Gasteiger partial charge < -0.3 is 15.5 Å². The molecule has 2 rings (SSSR count). The number of thiophene rings is 1. The van der Waals surface area contributed by atoms with Crippen molar-refractivity contribution in [2.24, 2.45) is 5.92 Å². The number of carbonyl (C=O) groups is 2. The Morgan fingerprint density at radius 2 is 1.77 bits per heavy atom. The maximum atomic E-state index is 12.7. The Morgan fingerprint density at radius 1 is 1.08 bits per heavy atom. The number of nitrogens with zero attached hydrogens (tertiary/aromatic N) is 1. The van der Waals surface area contributed by atoms with Crippen LogP contribution in [0, 0.1) is 5.92 Å². The van der Waals surface area contributed by atoms with E-state index in [1.54, 1.807) is 6.07 Å². The molecular weight excluding hydrogens is 346 g/mol. The first kappa shape index (κ1) is 20.1. The van der Waals surface area contributed by atoms with Crippen LogP contribution < -0.4 is 10.6 Å². The molecule has 0 aliphatic rings. The molecule has 5 nitrogen and oxygen atoms in total. The second kappa shape index (κ2) is 9.50. The van der Waals surface area contributed by atoms with Gasteiger partial charge in [0.1, 0.15) is 6.04 Å². The zero-order valence-corrected chi connectivity index (χ0v) is 16.6. The van der Waals surface area contributed by atoms with Gasteiger partial charge in [-0.15, -0.1) is 11.3 Å². The third-order valence-corrected chi connectivity index (χ3v) is 4.91. The topological polar surface area (TPSA) is 61.4 Å². The minimum Gasteiger partial charge on any atom is -0.350 e. The second-order valence-electron chi connectivity index (χ2n) is 6.90. The molecule has 0 aliphatic carbocycles. The Hall–Kier alpha value is -2.18. The van der Waals surface area contributed by atoms with E-state index in [-0.39, 0.29) is 17.7 Å². The lowest BCUT2D eigenvalue weighted by molar-refractivity contribution is -0.124. The number of hydrogen-bond acceptors (Lipinski definition) is 4. The molecule has 0 unspecified atom stereocenters. The van der Waals surface area contributed by atoms with Crippen LogP contribution in [0.25, 0.3) is 0 Å². The fraction of sp³-hybridized carbons (Fsp3) is 0.400. The number of hydrogen-bond donors (Lipinski definition) is 2. The molecule has 2 N–H and O–H groups in total. The molecule has 6 heteroatoms. The Morgan fingerprint density at radius 3 is 2.35 bits per heavy atom. The lowest BCUT2D eigenvalue weighted by atomic mass is 10.0. The van der Waals surface area contributed by atoms with Crippen LogP contribution in [0.4, 0.5) is 0 Å². The molecule has 0 fully saturated rings. The molecule has 0 aliphatic heterocycles. The van der Waals surface area contributed by atoms with Crippen LogP contribution in [0.2, 0.25) is 0 Å². The highest BCUT2D eigenvalue weighted by molar-refractivity contribution is 7.12. The molecule has 1 atom stereocenters. The fourth-order valence-electron chi connectivity index (χ4n) is 2.67. The van der Waals surface area contributed by atoms with Crippen LogP contribution in [-0.4, -0.2) is 36.9 Å². The standard InChI is InChI=1S/C20H27N3O2S/c1-14(2)18(22-19(24)17-10-7-11-26-17)20(25)21-12-15-8-5-6-9-16(15)13-23(3)4/h5-11,14,18H,12-13H2,1-4H3,(H,21,25)(H,22,24)/t18-/m0/s1. The summed E-state index contributed by atoms with van der Waals surface area (Å²) >= 11 is 1.37. The highest BCUT2D eigenvalue weighted by Gasteiger charge is 2.24. The minimum absolute atomic E-state index is 0.00377. The largest absolute Gasteiger partial charge is 0.350 e. The van der Waals surface area contributed by atoms with Crippen LogP contribution in [0.3, 0.4) is 0 Å². The maximum Gasteiger partial charge on any atom is 0.262 e. The molecule has 2 amide bonds. The summed E-state index contributed by atoms with van der Waals surface area (Å²) in [5, 5.41) is 7.68. The Bertz CT molecular complexity index is 726. The van der Waals surface area contributed by atoms with Gasteiger partial charge in [-0.3, -0.25) is 9.59 Å². The van der Waals surface area contributed by atoms with Crippen molar-refractivity contribution in [1.82, 2.24) is 15.5 Å². The predicted octanol–water partition coefficient (Wildman–Crippen LogP) is 2.88. The highest BCUT2D eigenvalue weighted by atomic mass is 32.1. The minimum atomic E-state index is -0.564. The molecular formula is C20H27N3O2S. The van der Waals surface area contributed by atoms with Crippen molar-refractivity contribution in [3.63, 3.8) is 0 Å². The first-order valence-corrected chi connectivity index (χ1v) is 9.60. The average molecular weight is 374 g/mol. The third kappa shape index (κ3) is 5.68. The lowest BCUT2D eigenvalue weighted by Crippen LogP contribution is -2.49. The maximum absolute atomic E-state index is 12.7. The van der Waals surface area contributed by atoms with Gasteiger partial charge in [0, 0.05) is 13.1 Å². The van der Waals surface area contributed by atoms with Crippen molar-refractivity contribution >= 4 is 23.2 Å². The molecule has 2 aromatic rings. The van der Waals surface area contributed by atoms with Crippen molar-refractivity contribution in [3.8, 4) is 0 Å². The van der Waals surface area contributed by atoms with Gasteiger partial charge in [0.25, 0.3) is 5.91 Å². The summed E-state index contributed by atoms with van der Waals surface area (Å²) in [5.41, 5.74) is 2.27. The molecule has 1 aromatic carbocycles. The van der Waals surface area contributed by atoms with Crippen LogP contribution in [0.5, 0.6) is 0 Å². The first-order chi connectivity index (χ1) is 12.4. The van der Waals surface area contributed by atoms with Gasteiger partial charge in [-0.05, 0) is 42.6 Å². The number of carbonyl (C=O) groups excluding carboxylic acids is 2. The van der Waals surface area contributed by atoms with Gasteiger partial charge in [0.15, 0.2) is 0 Å². The molecule has 26 heavy (non-hydrogen) atoms. The fourth-order valence-corrected chi connectivity index (χ4v) is 3.30. The van der Waals surface area contributed by atoms with Crippen LogP contribution in [-0.2, 0) is 17.9 Å². The normalized spacial score (nSPS) is 12.2. The van der Waals surface area contributed by atoms with Crippen LogP contribution in [0.15, 0.2) is 41.8 Å². The molecule has 140 valence electrons. The van der Waals surface area contributed by atoms with Gasteiger partial charge in [-0.25, -0.2) is 0 Å². The Balaban J connectivity index is 2.01. The zero-order chi connectivity index (χ0) is 19.1. The Labute approximate surface area is 159 Å². The van der Waals surface area contributed by atoms with Gasteiger partial charge in [0.2, 0.25) is 5.91 Å². The monoisotopic (exact) mass is 373 g/mol. The summed E-state index contributed by atoms with van der Waals surface area (Å²) in [6.45, 7) is 5.12. The number of amides is 2. The summed E-state index contributed by atoms with van der Waals surface area (Å²) in [7, 11) is 4.04. The van der Waals surface area contributed by atoms with Crippen molar-refractivity contribution in [1.29, 1.82) is 0 Å². The van der Waals surface area contributed by atoms with E-state index in [1.165, 1.54) is 16.9 Å². The summed E-state index contributed by atoms with van der Waals surface area (Å²) in [6.07, 6.45) is 0. The number of rotatable bonds is 8. The van der Waals surface area contributed by atoms with E-state index >= 15 is 0 Å². The Kier molecular flexibility index (Phi) is 7.36. The van der Waals surface area contributed by atoms with E-state index in [1.807, 2.05) is 57.6 Å². The molecule has 1 heterocycles. The molecule has 0 radical (unpaired) electrons. The highest BCUT2D eigenvalue weighted by Crippen LogP contribution is 2.12. The first-order valence-electron chi connectivity index (χ1n) is 8.72. The SMILES string of the molecule is CC(C)[C@H](NC(=O)c1cccs1)C(=O)NCc1ccccc1CN(C)C. The lowest BCUT2D eigenvalue weighted by Gasteiger charge is -2.22. The predicted molar refractivity (Wildman–Crippen MR) is 106 cm³/mol. The van der Waals surface area contributed by atoms with Gasteiger partial charge >= 0.3 is 0 Å².